The van der Waals surface area contributed by atoms with Gasteiger partial charge in [-0.15, -0.1) is 0 Å². The number of para-hydroxylation sites is 2. The second-order valence-corrected chi connectivity index (χ2v) is 10.4. The van der Waals surface area contributed by atoms with Crippen molar-refractivity contribution in [3.8, 4) is 0 Å². The zero-order valence-electron chi connectivity index (χ0n) is 19.0. The predicted molar refractivity (Wildman–Crippen MR) is 135 cm³/mol. The predicted octanol–water partition coefficient (Wildman–Crippen LogP) is 5.38. The van der Waals surface area contributed by atoms with Crippen LogP contribution in [0.5, 0.6) is 0 Å². The molecule has 172 valence electrons. The Bertz CT molecular complexity index is 1030. The van der Waals surface area contributed by atoms with Crippen LogP contribution in [0, 0.1) is 23.2 Å². The summed E-state index contributed by atoms with van der Waals surface area (Å²) in [4.78, 5) is 28.5. The highest BCUT2D eigenvalue weighted by atomic mass is 32.1. The fraction of sp³-hybridized carbons (Fsp3) is 0.444. The Labute approximate surface area is 200 Å². The molecule has 5 nitrogen and oxygen atoms in total. The SMILES string of the molecule is CCN(C(=O)c1ccccc1NC(=S)NC(=O)C12CC3CC(CC(C3)C1)C2)c1ccccc1. The van der Waals surface area contributed by atoms with Crippen LogP contribution in [-0.2, 0) is 4.79 Å². The van der Waals surface area contributed by atoms with E-state index in [1.54, 1.807) is 11.0 Å². The average molecular weight is 462 g/mol. The Morgan fingerprint density at radius 2 is 1.52 bits per heavy atom. The summed E-state index contributed by atoms with van der Waals surface area (Å²) >= 11 is 5.53. The summed E-state index contributed by atoms with van der Waals surface area (Å²) in [7, 11) is 0. The van der Waals surface area contributed by atoms with Gasteiger partial charge in [0.05, 0.1) is 16.7 Å². The van der Waals surface area contributed by atoms with Gasteiger partial charge in [0.15, 0.2) is 5.11 Å². The van der Waals surface area contributed by atoms with Crippen LogP contribution in [-0.4, -0.2) is 23.5 Å². The van der Waals surface area contributed by atoms with Gasteiger partial charge in [0.2, 0.25) is 5.91 Å². The molecule has 0 heterocycles. The van der Waals surface area contributed by atoms with Crippen molar-refractivity contribution in [2.75, 3.05) is 16.8 Å². The number of rotatable bonds is 5. The van der Waals surface area contributed by atoms with E-state index < -0.39 is 0 Å². The second kappa shape index (κ2) is 8.90. The molecule has 4 aliphatic rings. The van der Waals surface area contributed by atoms with Crippen molar-refractivity contribution >= 4 is 40.5 Å². The molecule has 4 aliphatic carbocycles. The third kappa shape index (κ3) is 4.29. The highest BCUT2D eigenvalue weighted by Gasteiger charge is 2.54. The van der Waals surface area contributed by atoms with Gasteiger partial charge in [0, 0.05) is 12.2 Å². The summed E-state index contributed by atoms with van der Waals surface area (Å²) in [6, 6.07) is 16.9. The topological polar surface area (TPSA) is 61.4 Å². The standard InChI is InChI=1S/C27H31N3O2S/c1-2-30(21-8-4-3-5-9-21)24(31)22-10-6-7-11-23(22)28-26(33)29-25(32)27-15-18-12-19(16-27)14-20(13-18)17-27/h3-11,18-20H,2,12-17H2,1H3,(H2,28,29,32,33). The molecule has 2 amide bonds. The minimum atomic E-state index is -0.262. The molecule has 0 unspecified atom stereocenters. The molecule has 0 saturated heterocycles. The molecule has 2 aromatic carbocycles. The van der Waals surface area contributed by atoms with E-state index in [0.29, 0.717) is 35.5 Å². The number of thiocarbonyl (C=S) groups is 1. The number of anilines is 2. The maximum atomic E-state index is 13.4. The summed E-state index contributed by atoms with van der Waals surface area (Å²) in [6.45, 7) is 2.50. The Hall–Kier alpha value is -2.73. The van der Waals surface area contributed by atoms with E-state index in [-0.39, 0.29) is 22.3 Å². The number of hydrogen-bond acceptors (Lipinski definition) is 3. The first kappa shape index (κ1) is 22.1. The first-order chi connectivity index (χ1) is 16.0. The third-order valence-corrected chi connectivity index (χ3v) is 7.99. The van der Waals surface area contributed by atoms with Crippen LogP contribution in [0.15, 0.2) is 54.6 Å². The number of carbonyl (C=O) groups is 2. The maximum absolute atomic E-state index is 13.4. The zero-order valence-corrected chi connectivity index (χ0v) is 19.9. The van der Waals surface area contributed by atoms with Crippen molar-refractivity contribution < 1.29 is 9.59 Å². The summed E-state index contributed by atoms with van der Waals surface area (Å²) in [6.07, 6.45) is 6.85. The van der Waals surface area contributed by atoms with Gasteiger partial charge in [0.1, 0.15) is 0 Å². The quantitative estimate of drug-likeness (QED) is 0.587. The minimum Gasteiger partial charge on any atom is -0.332 e. The number of nitrogens with one attached hydrogen (secondary N) is 2. The number of nitrogens with zero attached hydrogens (tertiary/aromatic N) is 1. The molecule has 33 heavy (non-hydrogen) atoms. The fourth-order valence-electron chi connectivity index (χ4n) is 6.75. The van der Waals surface area contributed by atoms with Crippen LogP contribution in [0.4, 0.5) is 11.4 Å². The number of amides is 2. The minimum absolute atomic E-state index is 0.0578. The van der Waals surface area contributed by atoms with Gasteiger partial charge < -0.3 is 15.5 Å². The van der Waals surface area contributed by atoms with Crippen molar-refractivity contribution in [1.29, 1.82) is 0 Å². The Morgan fingerprint density at radius 3 is 2.12 bits per heavy atom. The number of benzene rings is 2. The van der Waals surface area contributed by atoms with E-state index in [1.165, 1.54) is 19.3 Å². The van der Waals surface area contributed by atoms with E-state index in [4.69, 9.17) is 12.2 Å². The van der Waals surface area contributed by atoms with Crippen LogP contribution < -0.4 is 15.5 Å². The molecular formula is C27H31N3O2S. The van der Waals surface area contributed by atoms with Crippen LogP contribution in [0.3, 0.4) is 0 Å². The first-order valence-corrected chi connectivity index (χ1v) is 12.5. The molecule has 6 rings (SSSR count). The van der Waals surface area contributed by atoms with Gasteiger partial charge in [0.25, 0.3) is 5.91 Å². The lowest BCUT2D eigenvalue weighted by atomic mass is 9.49. The van der Waals surface area contributed by atoms with Gasteiger partial charge in [-0.05, 0) is 99.7 Å². The van der Waals surface area contributed by atoms with Crippen molar-refractivity contribution in [3.05, 3.63) is 60.2 Å². The average Bonchev–Trinajstić information content (AvgIpc) is 2.79. The lowest BCUT2D eigenvalue weighted by Gasteiger charge is -2.55. The normalized spacial score (nSPS) is 27.1. The van der Waals surface area contributed by atoms with Crippen LogP contribution in [0.2, 0.25) is 0 Å². The van der Waals surface area contributed by atoms with E-state index in [2.05, 4.69) is 10.6 Å². The lowest BCUT2D eigenvalue weighted by Crippen LogP contribution is -2.55. The number of hydrogen-bond donors (Lipinski definition) is 2. The largest absolute Gasteiger partial charge is 0.332 e. The Balaban J connectivity index is 1.30. The van der Waals surface area contributed by atoms with E-state index in [0.717, 1.165) is 24.9 Å². The van der Waals surface area contributed by atoms with Gasteiger partial charge in [-0.1, -0.05) is 30.3 Å². The van der Waals surface area contributed by atoms with Gasteiger partial charge >= 0.3 is 0 Å². The van der Waals surface area contributed by atoms with Crippen molar-refractivity contribution in [3.63, 3.8) is 0 Å². The van der Waals surface area contributed by atoms with Crippen LogP contribution in [0.1, 0.15) is 55.8 Å². The summed E-state index contributed by atoms with van der Waals surface area (Å²) in [5.74, 6) is 2.03. The Morgan fingerprint density at radius 1 is 0.939 bits per heavy atom. The zero-order chi connectivity index (χ0) is 23.0. The molecule has 0 spiro atoms. The first-order valence-electron chi connectivity index (χ1n) is 12.1. The highest BCUT2D eigenvalue weighted by molar-refractivity contribution is 7.80. The molecule has 0 aliphatic heterocycles. The molecular weight excluding hydrogens is 430 g/mol. The summed E-state index contributed by atoms with van der Waals surface area (Å²) in [5.41, 5.74) is 1.71. The lowest BCUT2D eigenvalue weighted by molar-refractivity contribution is -0.144. The third-order valence-electron chi connectivity index (χ3n) is 7.78. The molecule has 2 N–H and O–H groups in total. The van der Waals surface area contributed by atoms with E-state index in [1.807, 2.05) is 55.5 Å². The van der Waals surface area contributed by atoms with Crippen molar-refractivity contribution in [1.82, 2.24) is 5.32 Å². The van der Waals surface area contributed by atoms with Gasteiger partial charge in [-0.3, -0.25) is 9.59 Å². The Kier molecular flexibility index (Phi) is 5.95. The summed E-state index contributed by atoms with van der Waals surface area (Å²) in [5, 5.41) is 6.38. The number of carbonyl (C=O) groups excluding carboxylic acids is 2. The molecule has 2 aromatic rings. The molecule has 4 bridgehead atoms. The van der Waals surface area contributed by atoms with Crippen molar-refractivity contribution in [2.24, 2.45) is 23.2 Å². The molecule has 0 atom stereocenters. The smallest absolute Gasteiger partial charge is 0.260 e. The van der Waals surface area contributed by atoms with Crippen molar-refractivity contribution in [2.45, 2.75) is 45.4 Å². The molecule has 0 radical (unpaired) electrons. The maximum Gasteiger partial charge on any atom is 0.260 e. The van der Waals surface area contributed by atoms with E-state index >= 15 is 0 Å². The van der Waals surface area contributed by atoms with E-state index in [9.17, 15) is 9.59 Å². The highest BCUT2D eigenvalue weighted by Crippen LogP contribution is 2.60. The fourth-order valence-corrected chi connectivity index (χ4v) is 6.96. The van der Waals surface area contributed by atoms with Gasteiger partial charge in [-0.2, -0.15) is 0 Å². The molecule has 0 aromatic heterocycles. The monoisotopic (exact) mass is 461 g/mol. The second-order valence-electron chi connectivity index (χ2n) is 10.0. The van der Waals surface area contributed by atoms with Crippen LogP contribution in [0.25, 0.3) is 0 Å². The summed E-state index contributed by atoms with van der Waals surface area (Å²) < 4.78 is 0. The molecule has 4 fully saturated rings. The van der Waals surface area contributed by atoms with Gasteiger partial charge in [-0.25, -0.2) is 0 Å². The molecule has 4 saturated carbocycles. The van der Waals surface area contributed by atoms with Crippen LogP contribution >= 0.6 is 12.2 Å². The molecule has 6 heteroatoms.